The van der Waals surface area contributed by atoms with Gasteiger partial charge in [0.15, 0.2) is 0 Å². The van der Waals surface area contributed by atoms with Gasteiger partial charge in [0, 0.05) is 23.9 Å². The summed E-state index contributed by atoms with van der Waals surface area (Å²) in [4.78, 5) is 10.4. The van der Waals surface area contributed by atoms with E-state index >= 15 is 0 Å². The average molecular weight is 313 g/mol. The minimum atomic E-state index is -0.440. The Hall–Kier alpha value is -1.33. The lowest BCUT2D eigenvalue weighted by molar-refractivity contribution is -0.385. The third-order valence-corrected chi connectivity index (χ3v) is 4.90. The first-order chi connectivity index (χ1) is 9.92. The number of benzene rings is 1. The first kappa shape index (κ1) is 16.0. The monoisotopic (exact) mass is 312 g/mol. The molecule has 3 unspecified atom stereocenters. The number of halogens is 1. The SMILES string of the molecule is CCNC1CC(Oc2cc([N+](=O)[O-])ccc2Cl)C1(C)CC. The van der Waals surface area contributed by atoms with Crippen LogP contribution in [0.3, 0.4) is 0 Å². The van der Waals surface area contributed by atoms with E-state index in [1.54, 1.807) is 0 Å². The Morgan fingerprint density at radius 3 is 2.81 bits per heavy atom. The predicted octanol–water partition coefficient (Wildman–Crippen LogP) is 3.79. The summed E-state index contributed by atoms with van der Waals surface area (Å²) in [6, 6.07) is 4.71. The summed E-state index contributed by atoms with van der Waals surface area (Å²) in [5.74, 6) is 0.394. The molecule has 1 aromatic rings. The van der Waals surface area contributed by atoms with Gasteiger partial charge in [0.2, 0.25) is 0 Å². The summed E-state index contributed by atoms with van der Waals surface area (Å²) in [5, 5.41) is 14.7. The molecular weight excluding hydrogens is 292 g/mol. The minimum Gasteiger partial charge on any atom is -0.488 e. The van der Waals surface area contributed by atoms with Gasteiger partial charge >= 0.3 is 0 Å². The summed E-state index contributed by atoms with van der Waals surface area (Å²) >= 11 is 6.10. The van der Waals surface area contributed by atoms with Gasteiger partial charge in [-0.3, -0.25) is 10.1 Å². The number of ether oxygens (including phenoxy) is 1. The zero-order valence-electron chi connectivity index (χ0n) is 12.6. The molecule has 0 saturated heterocycles. The maximum absolute atomic E-state index is 10.9. The van der Waals surface area contributed by atoms with Crippen molar-refractivity contribution in [3.05, 3.63) is 33.3 Å². The highest BCUT2D eigenvalue weighted by molar-refractivity contribution is 6.32. The first-order valence-corrected chi connectivity index (χ1v) is 7.64. The van der Waals surface area contributed by atoms with Gasteiger partial charge in [-0.15, -0.1) is 0 Å². The Morgan fingerprint density at radius 2 is 2.24 bits per heavy atom. The van der Waals surface area contributed by atoms with Gasteiger partial charge in [-0.05, 0) is 19.0 Å². The Balaban J connectivity index is 2.15. The van der Waals surface area contributed by atoms with Crippen molar-refractivity contribution in [3.8, 4) is 5.75 Å². The topological polar surface area (TPSA) is 64.4 Å². The van der Waals surface area contributed by atoms with E-state index in [4.69, 9.17) is 16.3 Å². The molecule has 6 heteroatoms. The van der Waals surface area contributed by atoms with E-state index in [0.29, 0.717) is 16.8 Å². The largest absolute Gasteiger partial charge is 0.488 e. The molecule has 21 heavy (non-hydrogen) atoms. The predicted molar refractivity (Wildman–Crippen MR) is 83.0 cm³/mol. The summed E-state index contributed by atoms with van der Waals surface area (Å²) < 4.78 is 5.98. The van der Waals surface area contributed by atoms with Gasteiger partial charge in [-0.25, -0.2) is 0 Å². The summed E-state index contributed by atoms with van der Waals surface area (Å²) in [6.45, 7) is 7.32. The molecule has 1 aliphatic carbocycles. The quantitative estimate of drug-likeness (QED) is 0.641. The van der Waals surface area contributed by atoms with Gasteiger partial charge in [0.05, 0.1) is 16.0 Å². The maximum atomic E-state index is 10.9. The fourth-order valence-corrected chi connectivity index (χ4v) is 3.05. The lowest BCUT2D eigenvalue weighted by Gasteiger charge is -2.53. The smallest absolute Gasteiger partial charge is 0.273 e. The molecule has 0 aliphatic heterocycles. The molecule has 1 aromatic carbocycles. The molecule has 0 radical (unpaired) electrons. The zero-order chi connectivity index (χ0) is 15.6. The highest BCUT2D eigenvalue weighted by Gasteiger charge is 2.51. The highest BCUT2D eigenvalue weighted by atomic mass is 35.5. The van der Waals surface area contributed by atoms with Crippen LogP contribution in [0.1, 0.15) is 33.6 Å². The van der Waals surface area contributed by atoms with Crippen LogP contribution < -0.4 is 10.1 Å². The Kier molecular flexibility index (Phi) is 4.74. The fraction of sp³-hybridized carbons (Fsp3) is 0.600. The van der Waals surface area contributed by atoms with Gasteiger partial charge in [-0.2, -0.15) is 0 Å². The van der Waals surface area contributed by atoms with Crippen LogP contribution in [0.4, 0.5) is 5.69 Å². The number of rotatable bonds is 6. The first-order valence-electron chi connectivity index (χ1n) is 7.26. The van der Waals surface area contributed by atoms with Crippen LogP contribution in [-0.2, 0) is 0 Å². The van der Waals surface area contributed by atoms with E-state index in [-0.39, 0.29) is 17.2 Å². The summed E-state index contributed by atoms with van der Waals surface area (Å²) in [6.07, 6.45) is 1.88. The Labute approximate surface area is 129 Å². The van der Waals surface area contributed by atoms with Gasteiger partial charge in [0.1, 0.15) is 11.9 Å². The lowest BCUT2D eigenvalue weighted by atomic mass is 9.61. The van der Waals surface area contributed by atoms with Crippen LogP contribution in [0.5, 0.6) is 5.75 Å². The molecule has 2 rings (SSSR count). The van der Waals surface area contributed by atoms with Crippen LogP contribution in [0, 0.1) is 15.5 Å². The second-order valence-corrected chi connectivity index (χ2v) is 6.09. The minimum absolute atomic E-state index is 0.00448. The fourth-order valence-electron chi connectivity index (χ4n) is 2.89. The number of nitro groups is 1. The normalized spacial score (nSPS) is 28.0. The van der Waals surface area contributed by atoms with E-state index in [2.05, 4.69) is 26.1 Å². The molecule has 1 aliphatic rings. The van der Waals surface area contributed by atoms with E-state index in [0.717, 1.165) is 19.4 Å². The lowest BCUT2D eigenvalue weighted by Crippen LogP contribution is -2.63. The van der Waals surface area contributed by atoms with Crippen molar-refractivity contribution in [2.45, 2.75) is 45.8 Å². The summed E-state index contributed by atoms with van der Waals surface area (Å²) in [5.41, 5.74) is 0.0133. The van der Waals surface area contributed by atoms with Crippen molar-refractivity contribution in [2.75, 3.05) is 6.54 Å². The van der Waals surface area contributed by atoms with Crippen molar-refractivity contribution in [1.82, 2.24) is 5.32 Å². The molecule has 0 amide bonds. The molecule has 0 spiro atoms. The third-order valence-electron chi connectivity index (χ3n) is 4.59. The van der Waals surface area contributed by atoms with Crippen molar-refractivity contribution in [2.24, 2.45) is 5.41 Å². The van der Waals surface area contributed by atoms with Crippen LogP contribution in [0.25, 0.3) is 0 Å². The molecule has 1 fully saturated rings. The molecule has 116 valence electrons. The van der Waals surface area contributed by atoms with Crippen molar-refractivity contribution in [1.29, 1.82) is 0 Å². The Morgan fingerprint density at radius 1 is 1.52 bits per heavy atom. The maximum Gasteiger partial charge on any atom is 0.273 e. The Bertz CT molecular complexity index is 538. The molecular formula is C15H21ClN2O3. The standard InChI is InChI=1S/C15H21ClN2O3/c1-4-15(3)13(17-5-2)9-14(15)21-12-8-10(18(19)20)6-7-11(12)16/h6-8,13-14,17H,4-5,9H2,1-3H3. The number of nitrogens with zero attached hydrogens (tertiary/aromatic N) is 1. The van der Waals surface area contributed by atoms with Crippen molar-refractivity contribution in [3.63, 3.8) is 0 Å². The molecule has 1 saturated carbocycles. The molecule has 0 aromatic heterocycles. The van der Waals surface area contributed by atoms with Gasteiger partial charge in [-0.1, -0.05) is 32.4 Å². The van der Waals surface area contributed by atoms with Crippen LogP contribution in [-0.4, -0.2) is 23.6 Å². The second kappa shape index (κ2) is 6.20. The van der Waals surface area contributed by atoms with E-state index in [9.17, 15) is 10.1 Å². The zero-order valence-corrected chi connectivity index (χ0v) is 13.3. The average Bonchev–Trinajstić information content (AvgIpc) is 2.46. The van der Waals surface area contributed by atoms with Crippen LogP contribution in [0.15, 0.2) is 18.2 Å². The van der Waals surface area contributed by atoms with Gasteiger partial charge in [0.25, 0.3) is 5.69 Å². The van der Waals surface area contributed by atoms with Crippen LogP contribution in [0.2, 0.25) is 5.02 Å². The van der Waals surface area contributed by atoms with Crippen LogP contribution >= 0.6 is 11.6 Å². The number of hydrogen-bond acceptors (Lipinski definition) is 4. The van der Waals surface area contributed by atoms with Crippen molar-refractivity contribution >= 4 is 17.3 Å². The number of nitrogens with one attached hydrogen (secondary N) is 1. The molecule has 1 N–H and O–H groups in total. The molecule has 5 nitrogen and oxygen atoms in total. The van der Waals surface area contributed by atoms with Crippen molar-refractivity contribution < 1.29 is 9.66 Å². The molecule has 0 heterocycles. The van der Waals surface area contributed by atoms with E-state index in [1.165, 1.54) is 18.2 Å². The van der Waals surface area contributed by atoms with E-state index < -0.39 is 4.92 Å². The van der Waals surface area contributed by atoms with E-state index in [1.807, 2.05) is 0 Å². The summed E-state index contributed by atoms with van der Waals surface area (Å²) in [7, 11) is 0. The second-order valence-electron chi connectivity index (χ2n) is 5.68. The number of non-ortho nitro benzene ring substituents is 1. The number of nitro benzene ring substituents is 1. The molecule has 3 atom stereocenters. The van der Waals surface area contributed by atoms with Gasteiger partial charge < -0.3 is 10.1 Å². The highest BCUT2D eigenvalue weighted by Crippen LogP contribution is 2.47. The number of hydrogen-bond donors (Lipinski definition) is 1. The third kappa shape index (κ3) is 2.99. The molecule has 0 bridgehead atoms.